The van der Waals surface area contributed by atoms with E-state index in [1.54, 1.807) is 0 Å². The van der Waals surface area contributed by atoms with Crippen molar-refractivity contribution in [1.82, 2.24) is 0 Å². The van der Waals surface area contributed by atoms with Crippen LogP contribution in [-0.4, -0.2) is 0 Å². The van der Waals surface area contributed by atoms with Gasteiger partial charge in [0.2, 0.25) is 0 Å². The molecule has 0 fully saturated rings. The van der Waals surface area contributed by atoms with Gasteiger partial charge in [-0.25, -0.2) is 0 Å². The molecule has 1 rings (SSSR count). The van der Waals surface area contributed by atoms with Gasteiger partial charge in [-0.3, -0.25) is 0 Å². The molecule has 0 unspecified atom stereocenters. The molecule has 0 atom stereocenters. The van der Waals surface area contributed by atoms with E-state index in [4.69, 9.17) is 5.26 Å². The fourth-order valence-corrected chi connectivity index (χ4v) is 1.74. The van der Waals surface area contributed by atoms with Crippen molar-refractivity contribution in [2.75, 3.05) is 0 Å². The maximum Gasteiger partial charge on any atom is 0.0670 e. The third-order valence-electron chi connectivity index (χ3n) is 1.48. The first-order chi connectivity index (χ1) is 5.24. The van der Waals surface area contributed by atoms with Crippen molar-refractivity contribution in [1.29, 1.82) is 5.26 Å². The summed E-state index contributed by atoms with van der Waals surface area (Å²) >= 11 is 2.26. The standard InChI is InChI=1S/C9H8IN/c1-7-2-3-8(4-5-11)9(10)6-7/h2-3,6H,4H2,1H3. The largest absolute Gasteiger partial charge is 0.198 e. The van der Waals surface area contributed by atoms with Crippen LogP contribution < -0.4 is 0 Å². The normalized spacial score (nSPS) is 9.18. The Morgan fingerprint density at radius 2 is 2.27 bits per heavy atom. The van der Waals surface area contributed by atoms with E-state index in [2.05, 4.69) is 41.7 Å². The summed E-state index contributed by atoms with van der Waals surface area (Å²) in [5, 5.41) is 8.46. The quantitative estimate of drug-likeness (QED) is 0.709. The third kappa shape index (κ3) is 2.19. The molecule has 0 saturated carbocycles. The zero-order valence-corrected chi connectivity index (χ0v) is 8.42. The van der Waals surface area contributed by atoms with Crippen molar-refractivity contribution >= 4 is 22.6 Å². The molecule has 0 saturated heterocycles. The average Bonchev–Trinajstić information content (AvgIpc) is 1.95. The Morgan fingerprint density at radius 3 is 2.82 bits per heavy atom. The maximum atomic E-state index is 8.46. The van der Waals surface area contributed by atoms with Crippen LogP contribution in [0.5, 0.6) is 0 Å². The summed E-state index contributed by atoms with van der Waals surface area (Å²) in [5.74, 6) is 0. The van der Waals surface area contributed by atoms with E-state index in [0.717, 1.165) is 5.56 Å². The van der Waals surface area contributed by atoms with Gasteiger partial charge in [0.05, 0.1) is 12.5 Å². The first-order valence-corrected chi connectivity index (χ1v) is 4.44. The first kappa shape index (κ1) is 8.54. The molecule has 1 aromatic carbocycles. The van der Waals surface area contributed by atoms with Gasteiger partial charge in [0.1, 0.15) is 0 Å². The van der Waals surface area contributed by atoms with E-state index in [1.807, 2.05) is 12.1 Å². The second-order valence-corrected chi connectivity index (χ2v) is 3.59. The summed E-state index contributed by atoms with van der Waals surface area (Å²) in [6.45, 7) is 2.05. The van der Waals surface area contributed by atoms with E-state index >= 15 is 0 Å². The molecule has 1 nitrogen and oxygen atoms in total. The van der Waals surface area contributed by atoms with Gasteiger partial charge in [-0.2, -0.15) is 5.26 Å². The number of aryl methyl sites for hydroxylation is 1. The van der Waals surface area contributed by atoms with E-state index < -0.39 is 0 Å². The summed E-state index contributed by atoms with van der Waals surface area (Å²) in [5.41, 5.74) is 2.37. The molecule has 0 spiro atoms. The molecule has 0 heterocycles. The lowest BCUT2D eigenvalue weighted by molar-refractivity contribution is 1.23. The maximum absolute atomic E-state index is 8.46. The van der Waals surface area contributed by atoms with Crippen LogP contribution in [0.2, 0.25) is 0 Å². The van der Waals surface area contributed by atoms with Crippen LogP contribution in [0.1, 0.15) is 11.1 Å². The average molecular weight is 257 g/mol. The van der Waals surface area contributed by atoms with Crippen molar-refractivity contribution in [3.63, 3.8) is 0 Å². The monoisotopic (exact) mass is 257 g/mol. The summed E-state index contributed by atoms with van der Waals surface area (Å²) in [4.78, 5) is 0. The van der Waals surface area contributed by atoms with E-state index in [-0.39, 0.29) is 0 Å². The second-order valence-electron chi connectivity index (χ2n) is 2.43. The Hall–Kier alpha value is -0.560. The number of rotatable bonds is 1. The highest BCUT2D eigenvalue weighted by Gasteiger charge is 1.97. The Balaban J connectivity index is 3.01. The molecule has 0 N–H and O–H groups in total. The Kier molecular flexibility index (Phi) is 2.89. The zero-order valence-electron chi connectivity index (χ0n) is 6.26. The Labute approximate surface area is 80.2 Å². The molecule has 0 bridgehead atoms. The van der Waals surface area contributed by atoms with Crippen LogP contribution >= 0.6 is 22.6 Å². The van der Waals surface area contributed by atoms with Gasteiger partial charge in [0.15, 0.2) is 0 Å². The van der Waals surface area contributed by atoms with Crippen LogP contribution in [0.25, 0.3) is 0 Å². The number of hydrogen-bond donors (Lipinski definition) is 0. The van der Waals surface area contributed by atoms with E-state index in [9.17, 15) is 0 Å². The molecule has 0 aliphatic heterocycles. The van der Waals surface area contributed by atoms with Crippen molar-refractivity contribution < 1.29 is 0 Å². The topological polar surface area (TPSA) is 23.8 Å². The Morgan fingerprint density at radius 1 is 1.55 bits per heavy atom. The van der Waals surface area contributed by atoms with Crippen molar-refractivity contribution in [2.24, 2.45) is 0 Å². The zero-order chi connectivity index (χ0) is 8.27. The lowest BCUT2D eigenvalue weighted by Crippen LogP contribution is -1.86. The smallest absolute Gasteiger partial charge is 0.0670 e. The van der Waals surface area contributed by atoms with Gasteiger partial charge < -0.3 is 0 Å². The highest BCUT2D eigenvalue weighted by atomic mass is 127. The minimum atomic E-state index is 0.512. The number of nitriles is 1. The summed E-state index contributed by atoms with van der Waals surface area (Å²) in [6.07, 6.45) is 0.512. The molecular formula is C9H8IN. The fourth-order valence-electron chi connectivity index (χ4n) is 0.881. The van der Waals surface area contributed by atoms with Crippen molar-refractivity contribution in [3.05, 3.63) is 32.9 Å². The third-order valence-corrected chi connectivity index (χ3v) is 2.48. The molecule has 0 radical (unpaired) electrons. The molecule has 56 valence electrons. The van der Waals surface area contributed by atoms with Gasteiger partial charge in [-0.15, -0.1) is 0 Å². The van der Waals surface area contributed by atoms with Crippen LogP contribution in [0, 0.1) is 21.8 Å². The first-order valence-electron chi connectivity index (χ1n) is 3.36. The summed E-state index contributed by atoms with van der Waals surface area (Å²) in [6, 6.07) is 8.28. The van der Waals surface area contributed by atoms with Gasteiger partial charge in [0, 0.05) is 3.57 Å². The lowest BCUT2D eigenvalue weighted by atomic mass is 10.1. The van der Waals surface area contributed by atoms with Gasteiger partial charge >= 0.3 is 0 Å². The minimum absolute atomic E-state index is 0.512. The van der Waals surface area contributed by atoms with Gasteiger partial charge in [-0.05, 0) is 41.1 Å². The van der Waals surface area contributed by atoms with Crippen molar-refractivity contribution in [3.8, 4) is 6.07 Å². The fraction of sp³-hybridized carbons (Fsp3) is 0.222. The number of nitrogens with zero attached hydrogens (tertiary/aromatic N) is 1. The van der Waals surface area contributed by atoms with Gasteiger partial charge in [0.25, 0.3) is 0 Å². The minimum Gasteiger partial charge on any atom is -0.198 e. The molecule has 0 aliphatic carbocycles. The summed E-state index contributed by atoms with van der Waals surface area (Å²) in [7, 11) is 0. The predicted molar refractivity (Wildman–Crippen MR) is 53.2 cm³/mol. The van der Waals surface area contributed by atoms with Crippen LogP contribution in [-0.2, 0) is 6.42 Å². The molecule has 0 aromatic heterocycles. The Bertz CT molecular complexity index is 299. The lowest BCUT2D eigenvalue weighted by Gasteiger charge is -1.99. The molecule has 0 amide bonds. The number of benzene rings is 1. The van der Waals surface area contributed by atoms with Crippen LogP contribution in [0.15, 0.2) is 18.2 Å². The van der Waals surface area contributed by atoms with E-state index in [1.165, 1.54) is 9.13 Å². The number of halogens is 1. The number of hydrogen-bond acceptors (Lipinski definition) is 1. The molecule has 0 aliphatic rings. The summed E-state index contributed by atoms with van der Waals surface area (Å²) < 4.78 is 1.18. The highest BCUT2D eigenvalue weighted by molar-refractivity contribution is 14.1. The van der Waals surface area contributed by atoms with Crippen LogP contribution in [0.4, 0.5) is 0 Å². The second kappa shape index (κ2) is 3.72. The van der Waals surface area contributed by atoms with Crippen LogP contribution in [0.3, 0.4) is 0 Å². The highest BCUT2D eigenvalue weighted by Crippen LogP contribution is 2.14. The SMILES string of the molecule is Cc1ccc(CC#N)c(I)c1. The molecule has 2 heteroatoms. The van der Waals surface area contributed by atoms with E-state index in [0.29, 0.717) is 6.42 Å². The van der Waals surface area contributed by atoms with Crippen molar-refractivity contribution in [2.45, 2.75) is 13.3 Å². The molecular weight excluding hydrogens is 249 g/mol. The van der Waals surface area contributed by atoms with Gasteiger partial charge in [-0.1, -0.05) is 17.7 Å². The molecule has 1 aromatic rings. The predicted octanol–water partition coefficient (Wildman–Crippen LogP) is 2.67. The molecule has 11 heavy (non-hydrogen) atoms.